The van der Waals surface area contributed by atoms with Crippen LogP contribution in [0.25, 0.3) is 28.1 Å². The highest BCUT2D eigenvalue weighted by molar-refractivity contribution is 7.91. The van der Waals surface area contributed by atoms with Crippen molar-refractivity contribution >= 4 is 21.3 Å². The lowest BCUT2D eigenvalue weighted by atomic mass is 10.0. The van der Waals surface area contributed by atoms with Crippen LogP contribution in [0.5, 0.6) is 0 Å². The summed E-state index contributed by atoms with van der Waals surface area (Å²) in [5.74, 6) is 0.699. The summed E-state index contributed by atoms with van der Waals surface area (Å²) in [5.41, 5.74) is 4.65. The first-order valence-corrected chi connectivity index (χ1v) is 13.8. The molecule has 2 N–H and O–H groups in total. The predicted molar refractivity (Wildman–Crippen MR) is 139 cm³/mol. The number of tetrazole rings is 1. The smallest absolute Gasteiger partial charge is 0.252 e. The Morgan fingerprint density at radius 1 is 1.11 bits per heavy atom. The van der Waals surface area contributed by atoms with Crippen molar-refractivity contribution in [3.8, 4) is 28.1 Å². The predicted octanol–water partition coefficient (Wildman–Crippen LogP) is 4.11. The van der Waals surface area contributed by atoms with Gasteiger partial charge in [0.25, 0.3) is 5.56 Å². The normalized spacial score (nSPS) is 16.4. The number of nitrogens with one attached hydrogen (secondary N) is 2. The number of pyridine rings is 1. The largest absolute Gasteiger partial charge is 0.340 e. The molecular formula is C25H21ClN8O2S. The van der Waals surface area contributed by atoms with Crippen LogP contribution >= 0.6 is 11.6 Å². The quantitative estimate of drug-likeness (QED) is 0.350. The van der Waals surface area contributed by atoms with Crippen LogP contribution in [-0.2, 0) is 16.1 Å². The molecule has 0 amide bonds. The summed E-state index contributed by atoms with van der Waals surface area (Å²) < 4.78 is 23.0. The van der Waals surface area contributed by atoms with E-state index in [-0.39, 0.29) is 11.6 Å². The number of imidazole rings is 1. The lowest BCUT2D eigenvalue weighted by molar-refractivity contribution is 0.572. The van der Waals surface area contributed by atoms with Crippen molar-refractivity contribution < 1.29 is 4.21 Å². The second kappa shape index (κ2) is 8.79. The van der Waals surface area contributed by atoms with Crippen molar-refractivity contribution in [2.45, 2.75) is 23.8 Å². The molecule has 5 aromatic rings. The second-order valence-corrected chi connectivity index (χ2v) is 11.6. The first kappa shape index (κ1) is 23.3. The van der Waals surface area contributed by atoms with Crippen LogP contribution in [0.3, 0.4) is 0 Å². The van der Waals surface area contributed by atoms with Crippen LogP contribution in [0.1, 0.15) is 24.0 Å². The van der Waals surface area contributed by atoms with Crippen molar-refractivity contribution in [1.29, 1.82) is 4.78 Å². The molecule has 0 spiro atoms. The summed E-state index contributed by atoms with van der Waals surface area (Å²) in [4.78, 5) is 21.8. The Bertz CT molecular complexity index is 1790. The molecule has 0 bridgehead atoms. The first-order valence-electron chi connectivity index (χ1n) is 11.5. The van der Waals surface area contributed by atoms with Crippen LogP contribution < -0.4 is 5.56 Å². The van der Waals surface area contributed by atoms with Crippen molar-refractivity contribution in [2.24, 2.45) is 0 Å². The number of aryl methyl sites for hydroxylation is 1. The summed E-state index contributed by atoms with van der Waals surface area (Å²) in [6, 6.07) is 15.8. The standard InChI is InChI=1S/C25H21ClN8O2S/c1-37(27,36)19-6-2-15(3-7-19)21-13-28-25(30-21)23-9-5-18-10-16(11-24(35)34(18)23)20-12-17(26)4-8-22(20)33-14-29-31-32-33/h2-4,6-8,10-14,23,27H,5,9H2,1H3,(H,28,30)/t23-,37?/m0/s1. The van der Waals surface area contributed by atoms with Gasteiger partial charge in [-0.15, -0.1) is 5.10 Å². The molecule has 3 aromatic heterocycles. The van der Waals surface area contributed by atoms with E-state index >= 15 is 0 Å². The Morgan fingerprint density at radius 3 is 2.65 bits per heavy atom. The van der Waals surface area contributed by atoms with E-state index in [0.29, 0.717) is 22.2 Å². The molecule has 1 aliphatic heterocycles. The molecule has 2 aromatic carbocycles. The maximum Gasteiger partial charge on any atom is 0.252 e. The van der Waals surface area contributed by atoms with E-state index in [1.807, 2.05) is 24.3 Å². The molecule has 12 heteroatoms. The Labute approximate surface area is 216 Å². The number of rotatable bonds is 5. The minimum atomic E-state index is -2.77. The van der Waals surface area contributed by atoms with Crippen LogP contribution in [0, 0.1) is 4.78 Å². The fourth-order valence-electron chi connectivity index (χ4n) is 4.77. The third kappa shape index (κ3) is 4.25. The Hall–Kier alpha value is -4.09. The number of nitrogens with zero attached hydrogens (tertiary/aromatic N) is 6. The number of hydrogen-bond acceptors (Lipinski definition) is 7. The molecular weight excluding hydrogens is 512 g/mol. The highest BCUT2D eigenvalue weighted by Crippen LogP contribution is 2.34. The van der Waals surface area contributed by atoms with Crippen molar-refractivity contribution in [1.82, 2.24) is 34.7 Å². The number of aromatic nitrogens is 7. The maximum absolute atomic E-state index is 13.4. The van der Waals surface area contributed by atoms with Gasteiger partial charge in [0.2, 0.25) is 0 Å². The molecule has 0 saturated heterocycles. The molecule has 37 heavy (non-hydrogen) atoms. The molecule has 0 aliphatic carbocycles. The number of hydrogen-bond donors (Lipinski definition) is 2. The van der Waals surface area contributed by atoms with E-state index in [0.717, 1.165) is 40.2 Å². The van der Waals surface area contributed by atoms with E-state index in [1.54, 1.807) is 45.8 Å². The van der Waals surface area contributed by atoms with Crippen LogP contribution in [0.15, 0.2) is 76.8 Å². The summed E-state index contributed by atoms with van der Waals surface area (Å²) >= 11 is 6.29. The zero-order valence-corrected chi connectivity index (χ0v) is 21.2. The third-order valence-electron chi connectivity index (χ3n) is 6.53. The average molecular weight is 533 g/mol. The van der Waals surface area contributed by atoms with Crippen LogP contribution in [0.4, 0.5) is 0 Å². The average Bonchev–Trinajstić information content (AvgIpc) is 3.64. The van der Waals surface area contributed by atoms with E-state index < -0.39 is 9.73 Å². The van der Waals surface area contributed by atoms with Crippen LogP contribution in [-0.4, -0.2) is 45.2 Å². The van der Waals surface area contributed by atoms with Crippen molar-refractivity contribution in [2.75, 3.05) is 6.26 Å². The van der Waals surface area contributed by atoms with Crippen LogP contribution in [0.2, 0.25) is 5.02 Å². The van der Waals surface area contributed by atoms with E-state index in [9.17, 15) is 9.00 Å². The molecule has 0 radical (unpaired) electrons. The van der Waals surface area contributed by atoms with Gasteiger partial charge >= 0.3 is 0 Å². The van der Waals surface area contributed by atoms with Crippen molar-refractivity contribution in [3.63, 3.8) is 0 Å². The van der Waals surface area contributed by atoms with E-state index in [1.165, 1.54) is 12.6 Å². The second-order valence-electron chi connectivity index (χ2n) is 8.96. The van der Waals surface area contributed by atoms with E-state index in [2.05, 4.69) is 25.5 Å². The van der Waals surface area contributed by atoms with Gasteiger partial charge in [-0.3, -0.25) is 4.79 Å². The SMILES string of the molecule is CS(=N)(=O)c1ccc(-c2cnc([C@@H]3CCc4cc(-c5cc(Cl)ccc5-n5cnnn5)cc(=O)n43)[nH]2)cc1. The first-order chi connectivity index (χ1) is 17.8. The van der Waals surface area contributed by atoms with Gasteiger partial charge in [0.15, 0.2) is 0 Å². The number of benzene rings is 2. The zero-order valence-electron chi connectivity index (χ0n) is 19.6. The molecule has 1 unspecified atom stereocenters. The molecule has 2 atom stereocenters. The fraction of sp³-hybridized carbons (Fsp3) is 0.160. The summed E-state index contributed by atoms with van der Waals surface area (Å²) in [5, 5.41) is 12.0. The molecule has 0 saturated carbocycles. The molecule has 186 valence electrons. The third-order valence-corrected chi connectivity index (χ3v) is 7.93. The highest BCUT2D eigenvalue weighted by Gasteiger charge is 2.28. The summed E-state index contributed by atoms with van der Waals surface area (Å²) in [6.45, 7) is 0. The number of halogens is 1. The number of aromatic amines is 1. The molecule has 6 rings (SSSR count). The summed E-state index contributed by atoms with van der Waals surface area (Å²) in [7, 11) is -2.77. The monoisotopic (exact) mass is 532 g/mol. The van der Waals surface area contributed by atoms with Gasteiger partial charge in [-0.2, -0.15) is 4.68 Å². The maximum atomic E-state index is 13.4. The van der Waals surface area contributed by atoms with Gasteiger partial charge < -0.3 is 9.55 Å². The molecule has 10 nitrogen and oxygen atoms in total. The van der Waals surface area contributed by atoms with Gasteiger partial charge in [-0.25, -0.2) is 14.0 Å². The minimum absolute atomic E-state index is 0.131. The van der Waals surface area contributed by atoms with Gasteiger partial charge in [-0.1, -0.05) is 23.7 Å². The Balaban J connectivity index is 1.35. The Morgan fingerprint density at radius 2 is 1.92 bits per heavy atom. The number of fused-ring (bicyclic) bond motifs is 1. The van der Waals surface area contributed by atoms with Gasteiger partial charge in [-0.05, 0) is 70.8 Å². The minimum Gasteiger partial charge on any atom is -0.340 e. The topological polar surface area (TPSA) is 135 Å². The van der Waals surface area contributed by atoms with E-state index in [4.69, 9.17) is 16.4 Å². The highest BCUT2D eigenvalue weighted by atomic mass is 35.5. The van der Waals surface area contributed by atoms with Crippen molar-refractivity contribution in [3.05, 3.63) is 94.0 Å². The molecule has 0 fully saturated rings. The lowest BCUT2D eigenvalue weighted by Crippen LogP contribution is -2.23. The fourth-order valence-corrected chi connectivity index (χ4v) is 5.59. The summed E-state index contributed by atoms with van der Waals surface area (Å²) in [6.07, 6.45) is 6.08. The van der Waals surface area contributed by atoms with Gasteiger partial charge in [0.05, 0.1) is 33.3 Å². The Kier molecular flexibility index (Phi) is 5.54. The number of H-pyrrole nitrogens is 1. The zero-order chi connectivity index (χ0) is 25.7. The molecule has 1 aliphatic rings. The lowest BCUT2D eigenvalue weighted by Gasteiger charge is -2.15. The molecule has 4 heterocycles. The van der Waals surface area contributed by atoms with Gasteiger partial charge in [0, 0.05) is 33.5 Å². The van der Waals surface area contributed by atoms with Gasteiger partial charge in [0.1, 0.15) is 12.2 Å².